The summed E-state index contributed by atoms with van der Waals surface area (Å²) >= 11 is 0. The van der Waals surface area contributed by atoms with Crippen LogP contribution in [0.1, 0.15) is 52.9 Å². The van der Waals surface area contributed by atoms with E-state index in [1.165, 1.54) is 6.42 Å². The molecule has 0 bridgehead atoms. The van der Waals surface area contributed by atoms with Crippen molar-refractivity contribution in [3.63, 3.8) is 0 Å². The van der Waals surface area contributed by atoms with Crippen molar-refractivity contribution < 1.29 is 9.53 Å². The second-order valence-electron chi connectivity index (χ2n) is 5.49. The fourth-order valence-electron chi connectivity index (χ4n) is 2.86. The van der Waals surface area contributed by atoms with Crippen molar-refractivity contribution in [1.29, 1.82) is 0 Å². The van der Waals surface area contributed by atoms with E-state index in [0.717, 1.165) is 31.6 Å². The Hall–Kier alpha value is -0.570. The summed E-state index contributed by atoms with van der Waals surface area (Å²) in [5.74, 6) is 1.40. The van der Waals surface area contributed by atoms with E-state index < -0.39 is 5.54 Å². The highest BCUT2D eigenvalue weighted by Crippen LogP contribution is 2.34. The maximum atomic E-state index is 12.1. The number of rotatable bonds is 4. The first kappa shape index (κ1) is 14.5. The van der Waals surface area contributed by atoms with Gasteiger partial charge in [-0.05, 0) is 45.1 Å². The lowest BCUT2D eigenvalue weighted by atomic mass is 9.86. The van der Waals surface area contributed by atoms with Gasteiger partial charge >= 0.3 is 5.97 Å². The third-order valence-electron chi connectivity index (χ3n) is 4.21. The van der Waals surface area contributed by atoms with E-state index in [4.69, 9.17) is 4.74 Å². The maximum absolute atomic E-state index is 12.1. The van der Waals surface area contributed by atoms with Crippen LogP contribution in [0.15, 0.2) is 0 Å². The minimum atomic E-state index is -0.431. The summed E-state index contributed by atoms with van der Waals surface area (Å²) in [5.41, 5.74) is -0.431. The van der Waals surface area contributed by atoms with Gasteiger partial charge in [-0.3, -0.25) is 4.79 Å². The molecule has 0 radical (unpaired) electrons. The van der Waals surface area contributed by atoms with Crippen LogP contribution in [0.2, 0.25) is 0 Å². The molecule has 1 aliphatic carbocycles. The molecular weight excluding hydrogens is 214 g/mol. The summed E-state index contributed by atoms with van der Waals surface area (Å²) in [6.45, 7) is 6.90. The molecule has 0 amide bonds. The summed E-state index contributed by atoms with van der Waals surface area (Å²) < 4.78 is 5.23. The maximum Gasteiger partial charge on any atom is 0.326 e. The third kappa shape index (κ3) is 3.44. The van der Waals surface area contributed by atoms with Crippen molar-refractivity contribution in [2.45, 2.75) is 58.4 Å². The zero-order chi connectivity index (χ0) is 12.9. The number of hydrogen-bond donors (Lipinski definition) is 1. The zero-order valence-electron chi connectivity index (χ0n) is 11.7. The predicted octanol–water partition coefficient (Wildman–Crippen LogP) is 2.74. The van der Waals surface area contributed by atoms with Crippen molar-refractivity contribution >= 4 is 5.97 Å². The highest BCUT2D eigenvalue weighted by atomic mass is 16.5. The van der Waals surface area contributed by atoms with Gasteiger partial charge in [0.15, 0.2) is 0 Å². The van der Waals surface area contributed by atoms with Crippen LogP contribution in [-0.2, 0) is 9.53 Å². The quantitative estimate of drug-likeness (QED) is 0.607. The molecule has 100 valence electrons. The van der Waals surface area contributed by atoms with Crippen molar-refractivity contribution in [2.24, 2.45) is 11.8 Å². The Bertz CT molecular complexity index is 253. The van der Waals surface area contributed by atoms with Crippen molar-refractivity contribution in [2.75, 3.05) is 13.7 Å². The standard InChI is InChI=1S/C14H27NO2/c1-5-17-13(16)14(15-4)9-6-7-12(8-10-14)11(2)3/h11-12,15H,5-10H2,1-4H3. The van der Waals surface area contributed by atoms with Gasteiger partial charge in [-0.1, -0.05) is 26.7 Å². The Kier molecular flexibility index (Phi) is 5.44. The number of nitrogens with one attached hydrogen (secondary N) is 1. The Morgan fingerprint density at radius 2 is 2.12 bits per heavy atom. The topological polar surface area (TPSA) is 38.3 Å². The van der Waals surface area contributed by atoms with Gasteiger partial charge in [-0.2, -0.15) is 0 Å². The monoisotopic (exact) mass is 241 g/mol. The summed E-state index contributed by atoms with van der Waals surface area (Å²) in [7, 11) is 1.88. The molecule has 1 rings (SSSR count). The van der Waals surface area contributed by atoms with E-state index in [0.29, 0.717) is 12.5 Å². The van der Waals surface area contributed by atoms with E-state index in [2.05, 4.69) is 19.2 Å². The van der Waals surface area contributed by atoms with Crippen molar-refractivity contribution in [3.05, 3.63) is 0 Å². The van der Waals surface area contributed by atoms with Gasteiger partial charge < -0.3 is 10.1 Å². The molecule has 1 saturated carbocycles. The zero-order valence-corrected chi connectivity index (χ0v) is 11.7. The van der Waals surface area contributed by atoms with Gasteiger partial charge in [0.1, 0.15) is 5.54 Å². The largest absolute Gasteiger partial charge is 0.465 e. The SMILES string of the molecule is CCOC(=O)C1(NC)CCCC(C(C)C)CC1. The van der Waals surface area contributed by atoms with Crippen LogP contribution in [0, 0.1) is 11.8 Å². The van der Waals surface area contributed by atoms with Crippen LogP contribution in [0.4, 0.5) is 0 Å². The molecule has 0 aromatic heterocycles. The van der Waals surface area contributed by atoms with Crippen LogP contribution in [0.5, 0.6) is 0 Å². The molecule has 3 nitrogen and oxygen atoms in total. The van der Waals surface area contributed by atoms with E-state index in [9.17, 15) is 4.79 Å². The molecule has 1 fully saturated rings. The first-order valence-electron chi connectivity index (χ1n) is 6.92. The molecule has 2 unspecified atom stereocenters. The molecule has 0 heterocycles. The smallest absolute Gasteiger partial charge is 0.326 e. The number of ether oxygens (including phenoxy) is 1. The molecule has 0 saturated heterocycles. The number of carbonyl (C=O) groups is 1. The Morgan fingerprint density at radius 1 is 1.41 bits per heavy atom. The minimum Gasteiger partial charge on any atom is -0.465 e. The fraction of sp³-hybridized carbons (Fsp3) is 0.929. The van der Waals surface area contributed by atoms with Gasteiger partial charge in [0.05, 0.1) is 6.61 Å². The summed E-state index contributed by atoms with van der Waals surface area (Å²) in [4.78, 5) is 12.1. The molecule has 0 aliphatic heterocycles. The van der Waals surface area contributed by atoms with Crippen molar-refractivity contribution in [3.8, 4) is 0 Å². The summed E-state index contributed by atoms with van der Waals surface area (Å²) in [5, 5.41) is 3.23. The first-order valence-corrected chi connectivity index (χ1v) is 6.92. The molecule has 0 spiro atoms. The highest BCUT2D eigenvalue weighted by molar-refractivity contribution is 5.80. The van der Waals surface area contributed by atoms with E-state index in [1.807, 2.05) is 14.0 Å². The van der Waals surface area contributed by atoms with Gasteiger partial charge in [0, 0.05) is 0 Å². The van der Waals surface area contributed by atoms with Crippen LogP contribution < -0.4 is 5.32 Å². The first-order chi connectivity index (χ1) is 8.05. The average Bonchev–Trinajstić information content (AvgIpc) is 2.52. The van der Waals surface area contributed by atoms with Crippen LogP contribution in [-0.4, -0.2) is 25.2 Å². The number of esters is 1. The van der Waals surface area contributed by atoms with E-state index in [1.54, 1.807) is 0 Å². The fourth-order valence-corrected chi connectivity index (χ4v) is 2.86. The number of carbonyl (C=O) groups excluding carboxylic acids is 1. The minimum absolute atomic E-state index is 0.0630. The molecule has 1 N–H and O–H groups in total. The summed E-state index contributed by atoms with van der Waals surface area (Å²) in [6.07, 6.45) is 5.29. The predicted molar refractivity (Wildman–Crippen MR) is 69.8 cm³/mol. The lowest BCUT2D eigenvalue weighted by Crippen LogP contribution is -2.51. The number of hydrogen-bond acceptors (Lipinski definition) is 3. The third-order valence-corrected chi connectivity index (χ3v) is 4.21. The molecule has 3 heteroatoms. The molecule has 0 aromatic rings. The van der Waals surface area contributed by atoms with E-state index >= 15 is 0 Å². The highest BCUT2D eigenvalue weighted by Gasteiger charge is 2.40. The van der Waals surface area contributed by atoms with Crippen LogP contribution in [0.25, 0.3) is 0 Å². The molecule has 2 atom stereocenters. The molecule has 17 heavy (non-hydrogen) atoms. The Balaban J connectivity index is 2.71. The normalized spacial score (nSPS) is 30.1. The van der Waals surface area contributed by atoms with Crippen LogP contribution >= 0.6 is 0 Å². The second kappa shape index (κ2) is 6.39. The van der Waals surface area contributed by atoms with Gasteiger partial charge in [-0.15, -0.1) is 0 Å². The second-order valence-corrected chi connectivity index (χ2v) is 5.49. The molecule has 0 aromatic carbocycles. The molecule has 1 aliphatic rings. The van der Waals surface area contributed by atoms with Gasteiger partial charge in [0.25, 0.3) is 0 Å². The van der Waals surface area contributed by atoms with E-state index in [-0.39, 0.29) is 5.97 Å². The Labute approximate surface area is 105 Å². The summed E-state index contributed by atoms with van der Waals surface area (Å²) in [6, 6.07) is 0. The van der Waals surface area contributed by atoms with Crippen molar-refractivity contribution in [1.82, 2.24) is 5.32 Å². The lowest BCUT2D eigenvalue weighted by molar-refractivity contribution is -0.151. The average molecular weight is 241 g/mol. The van der Waals surface area contributed by atoms with Gasteiger partial charge in [0.2, 0.25) is 0 Å². The lowest BCUT2D eigenvalue weighted by Gasteiger charge is -2.30. The van der Waals surface area contributed by atoms with Gasteiger partial charge in [-0.25, -0.2) is 0 Å². The number of likely N-dealkylation sites (N-methyl/N-ethyl adjacent to an activating group) is 1. The Morgan fingerprint density at radius 3 is 2.65 bits per heavy atom. The molecular formula is C14H27NO2. The van der Waals surface area contributed by atoms with Crippen LogP contribution in [0.3, 0.4) is 0 Å².